The number of amides is 1. The van der Waals surface area contributed by atoms with Gasteiger partial charge in [0.2, 0.25) is 5.88 Å². The fraction of sp³-hybridized carbons (Fsp3) is 0.125. The third-order valence-corrected chi connectivity index (χ3v) is 2.90. The fourth-order valence-electron chi connectivity index (χ4n) is 1.71. The Bertz CT molecular complexity index is 722. The lowest BCUT2D eigenvalue weighted by molar-refractivity contribution is 0.0929. The molecule has 1 atom stereocenters. The Hall–Kier alpha value is -2.80. The van der Waals surface area contributed by atoms with E-state index < -0.39 is 23.6 Å². The van der Waals surface area contributed by atoms with Crippen LogP contribution in [0.2, 0.25) is 0 Å². The number of hydrogen-bond donors (Lipinski definition) is 2. The van der Waals surface area contributed by atoms with Crippen molar-refractivity contribution in [3.05, 3.63) is 66.4 Å². The summed E-state index contributed by atoms with van der Waals surface area (Å²) in [6.45, 7) is 3.20. The van der Waals surface area contributed by atoms with Crippen LogP contribution in [0.4, 0.5) is 8.78 Å². The van der Waals surface area contributed by atoms with Gasteiger partial charge in [-0.3, -0.25) is 4.79 Å². The molecule has 7 heteroatoms. The van der Waals surface area contributed by atoms with Crippen LogP contribution in [0.3, 0.4) is 0 Å². The van der Waals surface area contributed by atoms with E-state index in [0.717, 1.165) is 12.1 Å². The maximum atomic E-state index is 13.5. The summed E-state index contributed by atoms with van der Waals surface area (Å²) in [7, 11) is 0. The van der Waals surface area contributed by atoms with Crippen molar-refractivity contribution in [2.45, 2.75) is 6.04 Å². The lowest BCUT2D eigenvalue weighted by atomic mass is 10.2. The molecule has 0 spiro atoms. The second-order valence-electron chi connectivity index (χ2n) is 4.56. The van der Waals surface area contributed by atoms with Crippen LogP contribution in [-0.4, -0.2) is 28.6 Å². The van der Waals surface area contributed by atoms with E-state index >= 15 is 0 Å². The van der Waals surface area contributed by atoms with Crippen LogP contribution in [-0.2, 0) is 0 Å². The van der Waals surface area contributed by atoms with E-state index in [4.69, 9.17) is 9.84 Å². The van der Waals surface area contributed by atoms with Crippen LogP contribution in [0.25, 0.3) is 0 Å². The van der Waals surface area contributed by atoms with E-state index in [2.05, 4.69) is 16.9 Å². The van der Waals surface area contributed by atoms with Gasteiger partial charge in [0.05, 0.1) is 12.6 Å². The van der Waals surface area contributed by atoms with Crippen molar-refractivity contribution >= 4 is 5.91 Å². The Labute approximate surface area is 131 Å². The quantitative estimate of drug-likeness (QED) is 0.802. The number of carbonyl (C=O) groups is 1. The van der Waals surface area contributed by atoms with Gasteiger partial charge in [-0.25, -0.2) is 13.8 Å². The van der Waals surface area contributed by atoms with Gasteiger partial charge in [-0.2, -0.15) is 0 Å². The van der Waals surface area contributed by atoms with Crippen molar-refractivity contribution in [2.24, 2.45) is 0 Å². The topological polar surface area (TPSA) is 71.5 Å². The number of halogens is 2. The number of rotatable bonds is 6. The summed E-state index contributed by atoms with van der Waals surface area (Å²) >= 11 is 0. The van der Waals surface area contributed by atoms with Gasteiger partial charge in [0.15, 0.2) is 11.6 Å². The zero-order valence-electron chi connectivity index (χ0n) is 12.0. The fourth-order valence-corrected chi connectivity index (χ4v) is 1.71. The van der Waals surface area contributed by atoms with Gasteiger partial charge >= 0.3 is 0 Å². The highest BCUT2D eigenvalue weighted by atomic mass is 19.1. The summed E-state index contributed by atoms with van der Waals surface area (Å²) < 4.78 is 31.6. The highest BCUT2D eigenvalue weighted by Crippen LogP contribution is 2.23. The molecule has 1 unspecified atom stereocenters. The first-order valence-corrected chi connectivity index (χ1v) is 6.66. The second kappa shape index (κ2) is 7.46. The van der Waals surface area contributed by atoms with Crippen LogP contribution >= 0.6 is 0 Å². The number of aromatic nitrogens is 1. The molecule has 2 rings (SSSR count). The van der Waals surface area contributed by atoms with Gasteiger partial charge in [0.25, 0.3) is 5.91 Å². The van der Waals surface area contributed by atoms with Crippen LogP contribution < -0.4 is 10.1 Å². The molecule has 1 amide bonds. The Balaban J connectivity index is 2.16. The highest BCUT2D eigenvalue weighted by Gasteiger charge is 2.13. The molecule has 2 N–H and O–H groups in total. The Morgan fingerprint density at radius 2 is 2.17 bits per heavy atom. The van der Waals surface area contributed by atoms with E-state index in [1.165, 1.54) is 24.4 Å². The minimum atomic E-state index is -0.881. The monoisotopic (exact) mass is 320 g/mol. The molecule has 0 aliphatic carbocycles. The molecule has 0 aliphatic rings. The van der Waals surface area contributed by atoms with Crippen LogP contribution in [0, 0.1) is 11.6 Å². The minimum Gasteiger partial charge on any atom is -0.436 e. The van der Waals surface area contributed by atoms with Crippen LogP contribution in [0.15, 0.2) is 49.2 Å². The predicted octanol–water partition coefficient (Wildman–Crippen LogP) is 2.43. The lowest BCUT2D eigenvalue weighted by Crippen LogP contribution is -2.35. The minimum absolute atomic E-state index is 0.0256. The van der Waals surface area contributed by atoms with Crippen molar-refractivity contribution in [2.75, 3.05) is 6.61 Å². The van der Waals surface area contributed by atoms with E-state index in [9.17, 15) is 13.6 Å². The molecular weight excluding hydrogens is 306 g/mol. The second-order valence-corrected chi connectivity index (χ2v) is 4.56. The molecule has 1 aromatic heterocycles. The average Bonchev–Trinajstić information content (AvgIpc) is 2.55. The van der Waals surface area contributed by atoms with Gasteiger partial charge < -0.3 is 15.2 Å². The third-order valence-electron chi connectivity index (χ3n) is 2.90. The number of hydrogen-bond acceptors (Lipinski definition) is 4. The first-order valence-electron chi connectivity index (χ1n) is 6.66. The van der Waals surface area contributed by atoms with Crippen molar-refractivity contribution < 1.29 is 23.4 Å². The SMILES string of the molecule is C=CC(CO)NC(=O)c1ccnc(Oc2ccc(F)cc2F)c1. The van der Waals surface area contributed by atoms with E-state index in [1.807, 2.05) is 0 Å². The Kier molecular flexibility index (Phi) is 5.37. The molecule has 0 saturated heterocycles. The van der Waals surface area contributed by atoms with Crippen LogP contribution in [0.1, 0.15) is 10.4 Å². The number of benzene rings is 1. The molecule has 0 bridgehead atoms. The summed E-state index contributed by atoms with van der Waals surface area (Å²) in [5, 5.41) is 11.6. The van der Waals surface area contributed by atoms with Crippen molar-refractivity contribution in [3.63, 3.8) is 0 Å². The van der Waals surface area contributed by atoms with Gasteiger partial charge in [0.1, 0.15) is 5.82 Å². The largest absolute Gasteiger partial charge is 0.436 e. The number of carbonyl (C=O) groups excluding carboxylic acids is 1. The molecular formula is C16H14F2N2O3. The predicted molar refractivity (Wildman–Crippen MR) is 79.2 cm³/mol. The van der Waals surface area contributed by atoms with E-state index in [-0.39, 0.29) is 23.8 Å². The summed E-state index contributed by atoms with van der Waals surface area (Å²) in [4.78, 5) is 15.9. The molecule has 0 aliphatic heterocycles. The normalized spacial score (nSPS) is 11.6. The maximum Gasteiger partial charge on any atom is 0.252 e. The smallest absolute Gasteiger partial charge is 0.252 e. The molecule has 120 valence electrons. The standard InChI is InChI=1S/C16H14F2N2O3/c1-2-12(9-21)20-16(22)10-5-6-19-15(7-10)23-14-4-3-11(17)8-13(14)18/h2-8,12,21H,1,9H2,(H,20,22). The summed E-state index contributed by atoms with van der Waals surface area (Å²) in [5.41, 5.74) is 0.206. The van der Waals surface area contributed by atoms with Gasteiger partial charge in [0, 0.05) is 23.9 Å². The average molecular weight is 320 g/mol. The molecule has 0 fully saturated rings. The summed E-state index contributed by atoms with van der Waals surface area (Å²) in [5.74, 6) is -2.32. The number of ether oxygens (including phenoxy) is 1. The molecule has 0 saturated carbocycles. The number of aliphatic hydroxyl groups is 1. The van der Waals surface area contributed by atoms with Gasteiger partial charge in [-0.05, 0) is 18.2 Å². The van der Waals surface area contributed by atoms with E-state index in [0.29, 0.717) is 6.07 Å². The Morgan fingerprint density at radius 1 is 1.39 bits per heavy atom. The van der Waals surface area contributed by atoms with Crippen molar-refractivity contribution in [1.82, 2.24) is 10.3 Å². The van der Waals surface area contributed by atoms with Crippen LogP contribution in [0.5, 0.6) is 11.6 Å². The number of nitrogens with one attached hydrogen (secondary N) is 1. The van der Waals surface area contributed by atoms with Crippen molar-refractivity contribution in [3.8, 4) is 11.6 Å². The molecule has 5 nitrogen and oxygen atoms in total. The molecule has 1 heterocycles. The lowest BCUT2D eigenvalue weighted by Gasteiger charge is -2.12. The molecule has 2 aromatic rings. The number of nitrogens with zero attached hydrogens (tertiary/aromatic N) is 1. The first-order chi connectivity index (χ1) is 11.0. The number of aliphatic hydroxyl groups excluding tert-OH is 1. The van der Waals surface area contributed by atoms with Gasteiger partial charge in [-0.1, -0.05) is 6.08 Å². The molecule has 0 radical (unpaired) electrons. The summed E-state index contributed by atoms with van der Waals surface area (Å²) in [6.07, 6.45) is 2.71. The first kappa shape index (κ1) is 16.6. The zero-order valence-corrected chi connectivity index (χ0v) is 12.0. The third kappa shape index (κ3) is 4.33. The molecule has 23 heavy (non-hydrogen) atoms. The summed E-state index contributed by atoms with van der Waals surface area (Å²) in [6, 6.07) is 5.00. The number of pyridine rings is 1. The Morgan fingerprint density at radius 3 is 2.83 bits per heavy atom. The zero-order chi connectivity index (χ0) is 16.8. The van der Waals surface area contributed by atoms with Crippen molar-refractivity contribution in [1.29, 1.82) is 0 Å². The highest BCUT2D eigenvalue weighted by molar-refractivity contribution is 5.94. The van der Waals surface area contributed by atoms with E-state index in [1.54, 1.807) is 0 Å². The molecule has 1 aromatic carbocycles. The maximum absolute atomic E-state index is 13.5. The van der Waals surface area contributed by atoms with Gasteiger partial charge in [-0.15, -0.1) is 6.58 Å².